The second kappa shape index (κ2) is 6.25. The van der Waals surface area contributed by atoms with Crippen LogP contribution in [0.2, 0.25) is 0 Å². The highest BCUT2D eigenvalue weighted by atomic mass is 16.2. The van der Waals surface area contributed by atoms with E-state index in [1.807, 2.05) is 17.0 Å². The van der Waals surface area contributed by atoms with E-state index >= 15 is 0 Å². The average molecular weight is 301 g/mol. The Morgan fingerprint density at radius 3 is 2.95 bits per heavy atom. The first-order valence-corrected chi connectivity index (χ1v) is 7.85. The topological polar surface area (TPSA) is 74.0 Å². The van der Waals surface area contributed by atoms with Crippen molar-refractivity contribution in [1.29, 1.82) is 0 Å². The molecule has 1 aromatic carbocycles. The number of nitrogens with one attached hydrogen (secondary N) is 1. The van der Waals surface area contributed by atoms with Crippen molar-refractivity contribution in [1.82, 2.24) is 15.1 Å². The first kappa shape index (κ1) is 14.7. The van der Waals surface area contributed by atoms with Crippen molar-refractivity contribution < 1.29 is 4.79 Å². The molecule has 2 heterocycles. The fourth-order valence-corrected chi connectivity index (χ4v) is 3.02. The Hall–Kier alpha value is -2.24. The molecule has 0 aliphatic carbocycles. The van der Waals surface area contributed by atoms with Crippen LogP contribution in [0.3, 0.4) is 0 Å². The summed E-state index contributed by atoms with van der Waals surface area (Å²) >= 11 is 0. The number of piperazine rings is 1. The molecule has 2 aliphatic heterocycles. The quantitative estimate of drug-likeness (QED) is 0.751. The monoisotopic (exact) mass is 301 g/mol. The van der Waals surface area contributed by atoms with Gasteiger partial charge >= 0.3 is 0 Å². The highest BCUT2D eigenvalue weighted by Crippen LogP contribution is 2.16. The third-order valence-corrected chi connectivity index (χ3v) is 4.20. The molecule has 3 N–H and O–H groups in total. The molecule has 1 atom stereocenters. The molecule has 3 rings (SSSR count). The van der Waals surface area contributed by atoms with Gasteiger partial charge in [-0.2, -0.15) is 0 Å². The number of carbonyl (C=O) groups is 1. The maximum atomic E-state index is 12.7. The molecule has 1 aromatic rings. The van der Waals surface area contributed by atoms with E-state index in [1.54, 1.807) is 12.1 Å². The minimum Gasteiger partial charge on any atom is -0.399 e. The number of carbonyl (C=O) groups excluding carboxylic acids is 1. The van der Waals surface area contributed by atoms with Gasteiger partial charge in [0.1, 0.15) is 0 Å². The Bertz CT molecular complexity index is 586. The molecule has 0 saturated carbocycles. The number of rotatable bonds is 1. The summed E-state index contributed by atoms with van der Waals surface area (Å²) < 4.78 is 0. The van der Waals surface area contributed by atoms with Gasteiger partial charge in [0.05, 0.1) is 0 Å². The highest BCUT2D eigenvalue weighted by molar-refractivity contribution is 5.95. The second-order valence-electron chi connectivity index (χ2n) is 5.90. The van der Waals surface area contributed by atoms with Gasteiger partial charge in [0.15, 0.2) is 5.96 Å². The summed E-state index contributed by atoms with van der Waals surface area (Å²) in [6.45, 7) is 6.27. The molecular formula is C16H23N5O. The Labute approximate surface area is 131 Å². The van der Waals surface area contributed by atoms with E-state index in [2.05, 4.69) is 22.1 Å². The molecule has 6 nitrogen and oxygen atoms in total. The molecule has 0 aromatic heterocycles. The SMILES string of the molecule is CC1CN(C2=NCCCN2)CCN1C(=O)c1cccc(N)c1. The van der Waals surface area contributed by atoms with Crippen LogP contribution in [0.25, 0.3) is 0 Å². The van der Waals surface area contributed by atoms with Crippen molar-refractivity contribution in [2.45, 2.75) is 19.4 Å². The van der Waals surface area contributed by atoms with Gasteiger partial charge in [-0.1, -0.05) is 6.07 Å². The van der Waals surface area contributed by atoms with Gasteiger partial charge in [0.2, 0.25) is 0 Å². The standard InChI is InChI=1S/C16H23N5O/c1-12-11-20(16-18-6-3-7-19-16)8-9-21(12)15(22)13-4-2-5-14(17)10-13/h2,4-5,10,12H,3,6-9,11,17H2,1H3,(H,18,19). The van der Waals surface area contributed by atoms with Crippen molar-refractivity contribution in [2.24, 2.45) is 4.99 Å². The molecule has 1 amide bonds. The molecule has 0 bridgehead atoms. The van der Waals surface area contributed by atoms with Crippen molar-refractivity contribution >= 4 is 17.6 Å². The second-order valence-corrected chi connectivity index (χ2v) is 5.90. The summed E-state index contributed by atoms with van der Waals surface area (Å²) in [6, 6.07) is 7.34. The molecule has 2 aliphatic rings. The van der Waals surface area contributed by atoms with Gasteiger partial charge in [0.25, 0.3) is 5.91 Å². The van der Waals surface area contributed by atoms with E-state index in [4.69, 9.17) is 5.73 Å². The molecule has 1 unspecified atom stereocenters. The molecule has 1 fully saturated rings. The average Bonchev–Trinajstić information content (AvgIpc) is 2.55. The zero-order valence-corrected chi connectivity index (χ0v) is 13.0. The number of nitrogen functional groups attached to an aromatic ring is 1. The molecule has 22 heavy (non-hydrogen) atoms. The normalized spacial score (nSPS) is 22.0. The van der Waals surface area contributed by atoms with Gasteiger partial charge < -0.3 is 20.9 Å². The fraction of sp³-hybridized carbons (Fsp3) is 0.500. The van der Waals surface area contributed by atoms with Crippen LogP contribution in [0.15, 0.2) is 29.3 Å². The van der Waals surface area contributed by atoms with Gasteiger partial charge in [-0.15, -0.1) is 0 Å². The molecule has 1 saturated heterocycles. The Balaban J connectivity index is 1.67. The van der Waals surface area contributed by atoms with Crippen molar-refractivity contribution in [3.8, 4) is 0 Å². The van der Waals surface area contributed by atoms with Crippen LogP contribution in [0.4, 0.5) is 5.69 Å². The maximum absolute atomic E-state index is 12.7. The number of hydrogen-bond acceptors (Lipinski definition) is 5. The number of hydrogen-bond donors (Lipinski definition) is 2. The number of nitrogens with two attached hydrogens (primary N) is 1. The predicted molar refractivity (Wildman–Crippen MR) is 87.8 cm³/mol. The third-order valence-electron chi connectivity index (χ3n) is 4.20. The summed E-state index contributed by atoms with van der Waals surface area (Å²) in [5.41, 5.74) is 7.06. The van der Waals surface area contributed by atoms with Gasteiger partial charge in [-0.05, 0) is 31.5 Å². The van der Waals surface area contributed by atoms with Gasteiger partial charge in [-0.3, -0.25) is 9.79 Å². The summed E-state index contributed by atoms with van der Waals surface area (Å²) in [5.74, 6) is 1.03. The Morgan fingerprint density at radius 2 is 2.27 bits per heavy atom. The molecular weight excluding hydrogens is 278 g/mol. The summed E-state index contributed by atoms with van der Waals surface area (Å²) in [6.07, 6.45) is 1.09. The maximum Gasteiger partial charge on any atom is 0.254 e. The minimum atomic E-state index is 0.0537. The first-order chi connectivity index (χ1) is 10.6. The number of benzene rings is 1. The highest BCUT2D eigenvalue weighted by Gasteiger charge is 2.29. The molecule has 6 heteroatoms. The number of guanidine groups is 1. The van der Waals surface area contributed by atoms with Crippen molar-refractivity contribution in [2.75, 3.05) is 38.5 Å². The fourth-order valence-electron chi connectivity index (χ4n) is 3.02. The predicted octanol–water partition coefficient (Wildman–Crippen LogP) is 0.764. The number of anilines is 1. The number of aliphatic imine (C=N–C) groups is 1. The molecule has 0 radical (unpaired) electrons. The largest absolute Gasteiger partial charge is 0.399 e. The lowest BCUT2D eigenvalue weighted by molar-refractivity contribution is 0.0576. The van der Waals surface area contributed by atoms with Crippen LogP contribution < -0.4 is 11.1 Å². The lowest BCUT2D eigenvalue weighted by atomic mass is 10.1. The van der Waals surface area contributed by atoms with Crippen LogP contribution in [0, 0.1) is 0 Å². The third kappa shape index (κ3) is 3.00. The van der Waals surface area contributed by atoms with Crippen LogP contribution in [-0.2, 0) is 0 Å². The van der Waals surface area contributed by atoms with Crippen LogP contribution in [0.5, 0.6) is 0 Å². The van der Waals surface area contributed by atoms with E-state index < -0.39 is 0 Å². The molecule has 0 spiro atoms. The molecule has 118 valence electrons. The van der Waals surface area contributed by atoms with E-state index in [0.717, 1.165) is 38.6 Å². The van der Waals surface area contributed by atoms with Crippen LogP contribution in [0.1, 0.15) is 23.7 Å². The minimum absolute atomic E-state index is 0.0537. The lowest BCUT2D eigenvalue weighted by Gasteiger charge is -2.41. The smallest absolute Gasteiger partial charge is 0.254 e. The zero-order valence-electron chi connectivity index (χ0n) is 13.0. The van der Waals surface area contributed by atoms with Crippen LogP contribution >= 0.6 is 0 Å². The number of amides is 1. The lowest BCUT2D eigenvalue weighted by Crippen LogP contribution is -2.58. The number of nitrogens with zero attached hydrogens (tertiary/aromatic N) is 3. The van der Waals surface area contributed by atoms with E-state index in [9.17, 15) is 4.79 Å². The van der Waals surface area contributed by atoms with E-state index in [1.165, 1.54) is 0 Å². The summed E-state index contributed by atoms with van der Waals surface area (Å²) in [4.78, 5) is 21.4. The summed E-state index contributed by atoms with van der Waals surface area (Å²) in [7, 11) is 0. The van der Waals surface area contributed by atoms with E-state index in [-0.39, 0.29) is 11.9 Å². The summed E-state index contributed by atoms with van der Waals surface area (Å²) in [5, 5.41) is 3.35. The van der Waals surface area contributed by atoms with Crippen molar-refractivity contribution in [3.63, 3.8) is 0 Å². The van der Waals surface area contributed by atoms with E-state index in [0.29, 0.717) is 17.8 Å². The first-order valence-electron chi connectivity index (χ1n) is 7.85. The van der Waals surface area contributed by atoms with Gasteiger partial charge in [0, 0.05) is 50.0 Å². The van der Waals surface area contributed by atoms with Gasteiger partial charge in [-0.25, -0.2) is 0 Å². The Kier molecular flexibility index (Phi) is 4.18. The van der Waals surface area contributed by atoms with Crippen molar-refractivity contribution in [3.05, 3.63) is 29.8 Å². The zero-order chi connectivity index (χ0) is 15.5. The van der Waals surface area contributed by atoms with Crippen LogP contribution in [-0.4, -0.2) is 60.4 Å². The Morgan fingerprint density at radius 1 is 1.41 bits per heavy atom.